The molecule has 91 heavy (non-hydrogen) atoms. The Labute approximate surface area is 532 Å². The van der Waals surface area contributed by atoms with Gasteiger partial charge in [-0.3, -0.25) is 13.8 Å². The highest BCUT2D eigenvalue weighted by Crippen LogP contribution is 2.58. The molecule has 6 aliphatic rings. The summed E-state index contributed by atoms with van der Waals surface area (Å²) in [6.07, 6.45) is -19.7. The second kappa shape index (κ2) is 32.1. The fraction of sp³-hybridized carbons (Fsp3) is 0.721. The molecule has 25 atom stereocenters. The summed E-state index contributed by atoms with van der Waals surface area (Å²) in [5.74, 6) is -6.03. The van der Waals surface area contributed by atoms with Crippen molar-refractivity contribution in [1.82, 2.24) is 10.6 Å². The lowest BCUT2D eigenvalue weighted by atomic mass is 9.62. The average Bonchev–Trinajstić information content (AvgIpc) is 1.86. The van der Waals surface area contributed by atoms with Crippen molar-refractivity contribution in [2.45, 2.75) is 230 Å². The topological polar surface area (TPSA) is 444 Å². The van der Waals surface area contributed by atoms with Crippen LogP contribution in [-0.4, -0.2) is 239 Å². The van der Waals surface area contributed by atoms with E-state index in [4.69, 9.17) is 46.8 Å². The van der Waals surface area contributed by atoms with Gasteiger partial charge in [-0.1, -0.05) is 82.7 Å². The van der Waals surface area contributed by atoms with Gasteiger partial charge in [0, 0.05) is 13.8 Å². The summed E-state index contributed by atoms with van der Waals surface area (Å²) in [6.45, 7) is 21.0. The molecule has 0 aromatic heterocycles. The number of allylic oxidation sites excluding steroid dienone is 10. The number of aliphatic hydroxyl groups excluding tert-OH is 8. The normalized spacial score (nSPS) is 39.9. The predicted octanol–water partition coefficient (Wildman–Crippen LogP) is 1.10. The molecule has 2 aliphatic carbocycles. The highest BCUT2D eigenvalue weighted by Gasteiger charge is 2.58. The smallest absolute Gasteiger partial charge is 0.347 e. The third-order valence-corrected chi connectivity index (χ3v) is 19.2. The van der Waals surface area contributed by atoms with Gasteiger partial charge in [-0.15, -0.1) is 0 Å². The van der Waals surface area contributed by atoms with E-state index in [-0.39, 0.29) is 34.5 Å². The maximum atomic E-state index is 12.8. The van der Waals surface area contributed by atoms with Crippen LogP contribution < -0.4 is 10.6 Å². The van der Waals surface area contributed by atoms with Crippen molar-refractivity contribution in [2.24, 2.45) is 28.1 Å². The van der Waals surface area contributed by atoms with E-state index in [0.717, 1.165) is 56.9 Å². The van der Waals surface area contributed by atoms with Crippen LogP contribution in [-0.2, 0) is 70.8 Å². The highest BCUT2D eigenvalue weighted by atomic mass is 32.2. The van der Waals surface area contributed by atoms with E-state index in [0.29, 0.717) is 17.9 Å². The number of amides is 2. The van der Waals surface area contributed by atoms with Crippen LogP contribution in [0.2, 0.25) is 0 Å². The fourth-order valence-corrected chi connectivity index (χ4v) is 12.7. The minimum atomic E-state index is -2.20. The zero-order valence-corrected chi connectivity index (χ0v) is 53.4. The first-order chi connectivity index (χ1) is 42.7. The Bertz CT molecular complexity index is 2700. The van der Waals surface area contributed by atoms with Crippen molar-refractivity contribution < 1.29 is 132 Å². The summed E-state index contributed by atoms with van der Waals surface area (Å²) in [6, 6.07) is -3.60. The number of carboxylic acids is 3. The molecule has 6 rings (SSSR count). The van der Waals surface area contributed by atoms with Gasteiger partial charge in [0.2, 0.25) is 17.9 Å². The van der Waals surface area contributed by atoms with E-state index in [1.165, 1.54) is 5.57 Å². The van der Waals surface area contributed by atoms with Crippen LogP contribution in [0, 0.1) is 28.1 Å². The van der Waals surface area contributed by atoms with E-state index in [1.54, 1.807) is 13.0 Å². The van der Waals surface area contributed by atoms with Gasteiger partial charge in [0.15, 0.2) is 49.7 Å². The molecule has 514 valence electrons. The first-order valence-corrected chi connectivity index (χ1v) is 30.8. The molecule has 0 bridgehead atoms. The van der Waals surface area contributed by atoms with Gasteiger partial charge < -0.3 is 114 Å². The molecule has 0 spiro atoms. The maximum Gasteiger partial charge on any atom is 0.347 e. The van der Waals surface area contributed by atoms with Gasteiger partial charge in [0.05, 0.1) is 26.1 Å². The second-order valence-corrected chi connectivity index (χ2v) is 25.8. The van der Waals surface area contributed by atoms with Crippen LogP contribution in [0.25, 0.3) is 0 Å². The molecule has 4 heterocycles. The lowest BCUT2D eigenvalue weighted by Gasteiger charge is -2.50. The van der Waals surface area contributed by atoms with Crippen LogP contribution in [0.3, 0.4) is 0 Å². The summed E-state index contributed by atoms with van der Waals surface area (Å²) in [5.41, 5.74) is 3.84. The minimum absolute atomic E-state index is 0.0164. The summed E-state index contributed by atoms with van der Waals surface area (Å²) in [4.78, 5) is 62.4. The van der Waals surface area contributed by atoms with Gasteiger partial charge in [0.25, 0.3) is 0 Å². The quantitative estimate of drug-likeness (QED) is 0.0237. The maximum absolute atomic E-state index is 12.8. The summed E-state index contributed by atoms with van der Waals surface area (Å²) in [5, 5.41) is 122. The van der Waals surface area contributed by atoms with Crippen LogP contribution in [0.5, 0.6) is 0 Å². The molecular formula is C61H92N2O27S. The predicted molar refractivity (Wildman–Crippen MR) is 318 cm³/mol. The van der Waals surface area contributed by atoms with E-state index in [9.17, 15) is 84.7 Å². The Kier molecular flexibility index (Phi) is 26.5. The highest BCUT2D eigenvalue weighted by molar-refractivity contribution is 7.88. The van der Waals surface area contributed by atoms with E-state index in [1.807, 2.05) is 6.08 Å². The number of hydrogen-bond donors (Lipinski definition) is 14. The molecular weight excluding hydrogens is 1220 g/mol. The average molecular weight is 1320 g/mol. The van der Waals surface area contributed by atoms with Gasteiger partial charge in [-0.05, 0) is 98.2 Å². The second-order valence-electron chi connectivity index (χ2n) is 25.5. The van der Waals surface area contributed by atoms with Crippen LogP contribution in [0.4, 0.5) is 0 Å². The first-order valence-electron chi connectivity index (χ1n) is 30.1. The van der Waals surface area contributed by atoms with Gasteiger partial charge in [0.1, 0.15) is 85.3 Å². The Morgan fingerprint density at radius 3 is 1.77 bits per heavy atom. The number of carboxylic acid groups (broad SMARTS) is 3. The largest absolute Gasteiger partial charge is 0.484 e. The Morgan fingerprint density at radius 2 is 1.25 bits per heavy atom. The SMILES string of the molecule is C=C1C(/C=C/C2(C)CCC(CC=C(C)C)C2(C)C)=CCC(C)C1(C)C/C=C(C)/C=C/OC(COC1OC(C(=O)O)C(O)C(OSO)C1OC1OC(CO)C(OC2OC(CO)C(OC3OC(C(=O)O)C(O)C(O)C3O)C(O)C2NC(C)=O)C(O)C1NC(C)=O)C(=O)O. The van der Waals surface area contributed by atoms with Crippen LogP contribution in [0.1, 0.15) is 101 Å². The lowest BCUT2D eigenvalue weighted by molar-refractivity contribution is -0.371. The standard InChI is InChI=1S/C61H92N2O27S/c1-27(2)12-15-34-18-21-60(10,59(34,8)9)20-17-33-14-13-29(4)61(11,30(33)5)22-16-28(3)19-23-81-37(52(74)75)26-82-58-51(48(90-91-80)45(73)50(88-58)54(78)79)89-56-39(63-32(7)67)40(68)46(35(24-64)84-56)85-55-38(62-31(6)66)41(69)47(36(25-65)83-55)86-57-44(72)42(70)43(71)49(87-57)53(76)77/h12,14,16-17,19-20,23,29,34-51,55-58,64-65,68-73,80H,5,13,15,18,21-22,24-26H2,1-4,6-11H3,(H,62,66)(H,63,67)(H,74,75)(H,76,77)(H,78,79)/b20-17+,23-19+,28-16+. The molecule has 0 aromatic rings. The van der Waals surface area contributed by atoms with Gasteiger partial charge in [-0.2, -0.15) is 0 Å². The lowest BCUT2D eigenvalue weighted by Crippen LogP contribution is -2.71. The van der Waals surface area contributed by atoms with Crippen molar-refractivity contribution >= 4 is 42.0 Å². The third kappa shape index (κ3) is 17.4. The molecule has 30 heteroatoms. The molecule has 4 aliphatic heterocycles. The monoisotopic (exact) mass is 1320 g/mol. The summed E-state index contributed by atoms with van der Waals surface area (Å²) < 4.78 is 67.3. The number of nitrogens with one attached hydrogen (secondary N) is 2. The molecule has 0 radical (unpaired) electrons. The van der Waals surface area contributed by atoms with E-state index >= 15 is 0 Å². The Morgan fingerprint density at radius 1 is 0.714 bits per heavy atom. The van der Waals surface area contributed by atoms with Gasteiger partial charge in [-0.25, -0.2) is 14.4 Å². The molecule has 5 fully saturated rings. The number of rotatable bonds is 27. The number of aliphatic hydroxyl groups is 8. The van der Waals surface area contributed by atoms with Crippen molar-refractivity contribution in [2.75, 3.05) is 19.8 Å². The van der Waals surface area contributed by atoms with Crippen molar-refractivity contribution in [3.63, 3.8) is 0 Å². The molecule has 14 N–H and O–H groups in total. The number of carbonyl (C=O) groups excluding carboxylic acids is 2. The van der Waals surface area contributed by atoms with E-state index in [2.05, 4.69) is 90.0 Å². The summed E-state index contributed by atoms with van der Waals surface area (Å²) >= 11 is -0.352. The third-order valence-electron chi connectivity index (χ3n) is 18.9. The van der Waals surface area contributed by atoms with Crippen molar-refractivity contribution in [3.05, 3.63) is 71.6 Å². The van der Waals surface area contributed by atoms with Crippen LogP contribution >= 0.6 is 12.3 Å². The zero-order valence-electron chi connectivity index (χ0n) is 52.6. The number of hydrogen-bond acceptors (Lipinski definition) is 25. The summed E-state index contributed by atoms with van der Waals surface area (Å²) in [7, 11) is 0. The van der Waals surface area contributed by atoms with Crippen molar-refractivity contribution in [3.8, 4) is 0 Å². The first kappa shape index (κ1) is 75.3. The fourth-order valence-electron chi connectivity index (χ4n) is 12.4. The molecule has 29 nitrogen and oxygen atoms in total. The van der Waals surface area contributed by atoms with Gasteiger partial charge >= 0.3 is 17.9 Å². The zero-order chi connectivity index (χ0) is 67.8. The molecule has 0 aromatic carbocycles. The molecule has 2 amide bonds. The number of aliphatic carboxylic acids is 3. The van der Waals surface area contributed by atoms with E-state index < -0.39 is 178 Å². The Balaban J connectivity index is 1.18. The number of carbonyl (C=O) groups is 5. The molecule has 1 saturated carbocycles. The molecule has 4 saturated heterocycles. The van der Waals surface area contributed by atoms with Crippen LogP contribution in [0.15, 0.2) is 71.6 Å². The number of ether oxygens (including phenoxy) is 9. The Hall–Kier alpha value is -4.78. The molecule has 25 unspecified atom stereocenters. The minimum Gasteiger partial charge on any atom is -0.484 e. The van der Waals surface area contributed by atoms with Crippen molar-refractivity contribution in [1.29, 1.82) is 0 Å².